The van der Waals surface area contributed by atoms with Gasteiger partial charge in [0, 0.05) is 25.2 Å². The lowest BCUT2D eigenvalue weighted by Crippen LogP contribution is -2.40. The Bertz CT molecular complexity index is 1010. The van der Waals surface area contributed by atoms with Gasteiger partial charge < -0.3 is 16.4 Å². The van der Waals surface area contributed by atoms with Crippen LogP contribution in [0, 0.1) is 17.6 Å². The van der Waals surface area contributed by atoms with Gasteiger partial charge in [0.15, 0.2) is 0 Å². The number of nitrogens with zero attached hydrogens (tertiary/aromatic N) is 1. The number of carbonyl (C=O) groups is 1. The van der Waals surface area contributed by atoms with E-state index < -0.39 is 27.7 Å². The second kappa shape index (κ2) is 9.50. The van der Waals surface area contributed by atoms with Crippen LogP contribution >= 0.6 is 0 Å². The van der Waals surface area contributed by atoms with Crippen LogP contribution in [0.25, 0.3) is 0 Å². The number of urea groups is 1. The number of carbonyl (C=O) groups excluding carboxylic acids is 1. The number of anilines is 1. The zero-order chi connectivity index (χ0) is 21.7. The highest BCUT2D eigenvalue weighted by Crippen LogP contribution is 2.28. The Kier molecular flexibility index (Phi) is 7.01. The average Bonchev–Trinajstić information content (AvgIpc) is 2.74. The third kappa shape index (κ3) is 5.13. The highest BCUT2D eigenvalue weighted by atomic mass is 32.2. The van der Waals surface area contributed by atoms with Crippen molar-refractivity contribution in [3.05, 3.63) is 59.7 Å². The third-order valence-electron chi connectivity index (χ3n) is 5.11. The van der Waals surface area contributed by atoms with Crippen LogP contribution in [-0.2, 0) is 16.6 Å². The summed E-state index contributed by atoms with van der Waals surface area (Å²) in [6.45, 7) is 1.00. The lowest BCUT2D eigenvalue weighted by atomic mass is 9.99. The van der Waals surface area contributed by atoms with Crippen molar-refractivity contribution < 1.29 is 22.0 Å². The van der Waals surface area contributed by atoms with E-state index in [4.69, 9.17) is 5.73 Å². The van der Waals surface area contributed by atoms with Crippen LogP contribution < -0.4 is 16.4 Å². The Morgan fingerprint density at radius 3 is 2.53 bits per heavy atom. The lowest BCUT2D eigenvalue weighted by Gasteiger charge is -2.31. The third-order valence-corrected chi connectivity index (χ3v) is 7.06. The van der Waals surface area contributed by atoms with Gasteiger partial charge in [0.1, 0.15) is 16.5 Å². The van der Waals surface area contributed by atoms with Crippen molar-refractivity contribution in [2.24, 2.45) is 11.7 Å². The summed E-state index contributed by atoms with van der Waals surface area (Å²) in [6.07, 6.45) is 1.37. The van der Waals surface area contributed by atoms with E-state index in [9.17, 15) is 22.0 Å². The molecule has 4 N–H and O–H groups in total. The summed E-state index contributed by atoms with van der Waals surface area (Å²) >= 11 is 0. The highest BCUT2D eigenvalue weighted by molar-refractivity contribution is 7.89. The first-order chi connectivity index (χ1) is 14.3. The van der Waals surface area contributed by atoms with Gasteiger partial charge in [-0.05, 0) is 55.6 Å². The Labute approximate surface area is 174 Å². The predicted molar refractivity (Wildman–Crippen MR) is 109 cm³/mol. The molecule has 162 valence electrons. The van der Waals surface area contributed by atoms with Crippen molar-refractivity contribution in [2.75, 3.05) is 25.0 Å². The van der Waals surface area contributed by atoms with Crippen molar-refractivity contribution in [3.63, 3.8) is 0 Å². The van der Waals surface area contributed by atoms with Gasteiger partial charge in [-0.2, -0.15) is 4.31 Å². The van der Waals surface area contributed by atoms with Crippen molar-refractivity contribution in [1.82, 2.24) is 9.62 Å². The molecule has 7 nitrogen and oxygen atoms in total. The minimum atomic E-state index is -3.81. The number of para-hydroxylation sites is 1. The van der Waals surface area contributed by atoms with Crippen molar-refractivity contribution in [1.29, 1.82) is 0 Å². The Hall–Kier alpha value is -2.56. The quantitative estimate of drug-likeness (QED) is 0.645. The van der Waals surface area contributed by atoms with Gasteiger partial charge in [0.05, 0.1) is 5.69 Å². The van der Waals surface area contributed by atoms with Gasteiger partial charge in [0.2, 0.25) is 10.0 Å². The maximum atomic E-state index is 13.7. The summed E-state index contributed by atoms with van der Waals surface area (Å²) in [4.78, 5) is 12.2. The van der Waals surface area contributed by atoms with Gasteiger partial charge in [-0.15, -0.1) is 0 Å². The van der Waals surface area contributed by atoms with E-state index in [2.05, 4.69) is 10.6 Å². The minimum Gasteiger partial charge on any atom is -0.334 e. The zero-order valence-corrected chi connectivity index (χ0v) is 17.1. The van der Waals surface area contributed by atoms with E-state index in [1.54, 1.807) is 12.1 Å². The molecule has 0 spiro atoms. The number of nitrogens with one attached hydrogen (secondary N) is 2. The van der Waals surface area contributed by atoms with Crippen LogP contribution in [0.3, 0.4) is 0 Å². The maximum Gasteiger partial charge on any atom is 0.319 e. The number of nitrogens with two attached hydrogens (primary N) is 1. The predicted octanol–water partition coefficient (Wildman–Crippen LogP) is 2.65. The molecular weight excluding hydrogens is 414 g/mol. The summed E-state index contributed by atoms with van der Waals surface area (Å²) in [5, 5.41) is 4.90. The topological polar surface area (TPSA) is 105 Å². The highest BCUT2D eigenvalue weighted by Gasteiger charge is 2.30. The Morgan fingerprint density at radius 1 is 1.13 bits per heavy atom. The van der Waals surface area contributed by atoms with E-state index in [0.29, 0.717) is 38.4 Å². The van der Waals surface area contributed by atoms with Crippen LogP contribution in [0.5, 0.6) is 0 Å². The molecule has 0 radical (unpaired) electrons. The molecule has 0 bridgehead atoms. The fraction of sp³-hybridized carbons (Fsp3) is 0.350. The summed E-state index contributed by atoms with van der Waals surface area (Å²) in [6, 6.07) is 8.28. The number of amides is 2. The van der Waals surface area contributed by atoms with Crippen molar-refractivity contribution >= 4 is 21.7 Å². The van der Waals surface area contributed by atoms with E-state index in [1.165, 1.54) is 16.4 Å². The molecular formula is C20H24F2N4O3S. The number of hydrogen-bond donors (Lipinski definition) is 3. The number of sulfonamides is 1. The molecule has 2 aromatic rings. The smallest absolute Gasteiger partial charge is 0.319 e. The fourth-order valence-corrected chi connectivity index (χ4v) is 4.96. The van der Waals surface area contributed by atoms with E-state index in [1.807, 2.05) is 0 Å². The second-order valence-electron chi connectivity index (χ2n) is 7.12. The number of rotatable bonds is 6. The molecule has 3 rings (SSSR count). The van der Waals surface area contributed by atoms with Crippen LogP contribution in [0.15, 0.2) is 47.4 Å². The van der Waals surface area contributed by atoms with Gasteiger partial charge in [-0.25, -0.2) is 22.0 Å². The van der Waals surface area contributed by atoms with E-state index >= 15 is 0 Å². The molecule has 1 fully saturated rings. The molecule has 0 atom stereocenters. The molecule has 0 aliphatic carbocycles. The SMILES string of the molecule is NCC1CCN(S(=O)(=O)c2ccccc2NC(=O)NCc2cc(F)ccc2F)CC1. The molecule has 1 aliphatic heterocycles. The molecule has 2 amide bonds. The van der Waals surface area contributed by atoms with Gasteiger partial charge >= 0.3 is 6.03 Å². The first kappa shape index (κ1) is 22.1. The Balaban J connectivity index is 1.70. The van der Waals surface area contributed by atoms with Crippen LogP contribution in [0.4, 0.5) is 19.3 Å². The van der Waals surface area contributed by atoms with Crippen LogP contribution in [-0.4, -0.2) is 38.4 Å². The first-order valence-electron chi connectivity index (χ1n) is 9.59. The van der Waals surface area contributed by atoms with Gasteiger partial charge in [0.25, 0.3) is 0 Å². The van der Waals surface area contributed by atoms with E-state index in [0.717, 1.165) is 18.2 Å². The first-order valence-corrected chi connectivity index (χ1v) is 11.0. The molecule has 1 heterocycles. The van der Waals surface area contributed by atoms with Crippen molar-refractivity contribution in [3.8, 4) is 0 Å². The molecule has 0 aromatic heterocycles. The molecule has 0 saturated carbocycles. The number of piperidine rings is 1. The van der Waals surface area contributed by atoms with Gasteiger partial charge in [-0.3, -0.25) is 0 Å². The number of hydrogen-bond acceptors (Lipinski definition) is 4. The van der Waals surface area contributed by atoms with Crippen LogP contribution in [0.2, 0.25) is 0 Å². The second-order valence-corrected chi connectivity index (χ2v) is 9.03. The molecule has 30 heavy (non-hydrogen) atoms. The van der Waals surface area contributed by atoms with Crippen LogP contribution in [0.1, 0.15) is 18.4 Å². The summed E-state index contributed by atoms with van der Waals surface area (Å²) in [5.41, 5.74) is 5.76. The standard InChI is InChI=1S/C20H24F2N4O3S/c21-16-5-6-17(22)15(11-16)13-24-20(27)25-18-3-1-2-4-19(18)30(28,29)26-9-7-14(12-23)8-10-26/h1-6,11,14H,7-10,12-13,23H2,(H2,24,25,27). The molecule has 0 unspecified atom stereocenters. The lowest BCUT2D eigenvalue weighted by molar-refractivity contribution is 0.251. The summed E-state index contributed by atoms with van der Waals surface area (Å²) in [5.74, 6) is -0.970. The maximum absolute atomic E-state index is 13.7. The van der Waals surface area contributed by atoms with Gasteiger partial charge in [-0.1, -0.05) is 12.1 Å². The monoisotopic (exact) mass is 438 g/mol. The molecule has 1 saturated heterocycles. The van der Waals surface area contributed by atoms with Crippen molar-refractivity contribution in [2.45, 2.75) is 24.3 Å². The average molecular weight is 439 g/mol. The fourth-order valence-electron chi connectivity index (χ4n) is 3.34. The molecule has 2 aromatic carbocycles. The summed E-state index contributed by atoms with van der Waals surface area (Å²) < 4.78 is 54.5. The minimum absolute atomic E-state index is 0.0196. The number of benzene rings is 2. The molecule has 10 heteroatoms. The van der Waals surface area contributed by atoms with E-state index in [-0.39, 0.29) is 22.7 Å². The largest absolute Gasteiger partial charge is 0.334 e. The normalized spacial score (nSPS) is 15.7. The Morgan fingerprint density at radius 2 is 1.83 bits per heavy atom. The molecule has 1 aliphatic rings. The summed E-state index contributed by atoms with van der Waals surface area (Å²) in [7, 11) is -3.81. The number of halogens is 2. The zero-order valence-electron chi connectivity index (χ0n) is 16.3.